The zero-order chi connectivity index (χ0) is 9.52. The Bertz CT molecular complexity index is 121. The van der Waals surface area contributed by atoms with Crippen LogP contribution < -0.4 is 11.1 Å². The van der Waals surface area contributed by atoms with E-state index in [4.69, 9.17) is 5.73 Å². The van der Waals surface area contributed by atoms with Crippen LogP contribution in [0, 0.1) is 0 Å². The maximum atomic E-state index is 5.51. The van der Waals surface area contributed by atoms with Gasteiger partial charge in [-0.1, -0.05) is 0 Å². The van der Waals surface area contributed by atoms with Gasteiger partial charge in [0.2, 0.25) is 0 Å². The molecule has 0 aromatic heterocycles. The highest BCUT2D eigenvalue weighted by Crippen LogP contribution is 1.99. The molecule has 0 saturated carbocycles. The second-order valence-corrected chi connectivity index (χ2v) is 3.58. The van der Waals surface area contributed by atoms with Crippen LogP contribution in [0.1, 0.15) is 0 Å². The summed E-state index contributed by atoms with van der Waals surface area (Å²) >= 11 is 0. The molecule has 0 aromatic rings. The van der Waals surface area contributed by atoms with Gasteiger partial charge in [0, 0.05) is 52.4 Å². The van der Waals surface area contributed by atoms with Crippen LogP contribution in [0.3, 0.4) is 0 Å². The van der Waals surface area contributed by atoms with Crippen molar-refractivity contribution >= 4 is 0 Å². The van der Waals surface area contributed by atoms with E-state index in [1.807, 2.05) is 7.05 Å². The van der Waals surface area contributed by atoms with Crippen molar-refractivity contribution in [2.45, 2.75) is 0 Å². The Hall–Kier alpha value is -0.160. The Morgan fingerprint density at radius 1 is 1.08 bits per heavy atom. The lowest BCUT2D eigenvalue weighted by Crippen LogP contribution is -2.48. The van der Waals surface area contributed by atoms with Crippen molar-refractivity contribution in [3.63, 3.8) is 0 Å². The van der Waals surface area contributed by atoms with E-state index in [9.17, 15) is 0 Å². The Kier molecular flexibility index (Phi) is 5.31. The van der Waals surface area contributed by atoms with Gasteiger partial charge in [-0.05, 0) is 7.05 Å². The molecule has 78 valence electrons. The summed E-state index contributed by atoms with van der Waals surface area (Å²) in [6.45, 7) is 8.87. The van der Waals surface area contributed by atoms with E-state index >= 15 is 0 Å². The third kappa shape index (κ3) is 4.04. The summed E-state index contributed by atoms with van der Waals surface area (Å²) < 4.78 is 0. The Labute approximate surface area is 81.1 Å². The number of nitrogens with one attached hydrogen (secondary N) is 1. The molecule has 1 aliphatic rings. The van der Waals surface area contributed by atoms with E-state index in [-0.39, 0.29) is 0 Å². The smallest absolute Gasteiger partial charge is 0.0110 e. The van der Waals surface area contributed by atoms with Crippen molar-refractivity contribution in [1.82, 2.24) is 15.1 Å². The monoisotopic (exact) mass is 186 g/mol. The van der Waals surface area contributed by atoms with Gasteiger partial charge in [0.1, 0.15) is 0 Å². The first-order valence-electron chi connectivity index (χ1n) is 5.16. The number of hydrogen-bond acceptors (Lipinski definition) is 4. The molecule has 0 bridgehead atoms. The fraction of sp³-hybridized carbons (Fsp3) is 1.00. The van der Waals surface area contributed by atoms with Crippen molar-refractivity contribution in [3.05, 3.63) is 0 Å². The van der Waals surface area contributed by atoms with Crippen LogP contribution in [0.15, 0.2) is 0 Å². The van der Waals surface area contributed by atoms with E-state index < -0.39 is 0 Å². The van der Waals surface area contributed by atoms with Crippen molar-refractivity contribution in [2.75, 3.05) is 59.4 Å². The molecule has 0 amide bonds. The number of rotatable bonds is 5. The summed E-state index contributed by atoms with van der Waals surface area (Å²) in [6.07, 6.45) is 0. The summed E-state index contributed by atoms with van der Waals surface area (Å²) in [5.41, 5.74) is 5.51. The van der Waals surface area contributed by atoms with Crippen molar-refractivity contribution < 1.29 is 0 Å². The van der Waals surface area contributed by atoms with Crippen molar-refractivity contribution in [1.29, 1.82) is 0 Å². The molecule has 1 aliphatic heterocycles. The van der Waals surface area contributed by atoms with Gasteiger partial charge in [0.05, 0.1) is 0 Å². The molecule has 13 heavy (non-hydrogen) atoms. The summed E-state index contributed by atoms with van der Waals surface area (Å²) in [5, 5.41) is 3.18. The summed E-state index contributed by atoms with van der Waals surface area (Å²) in [4.78, 5) is 4.94. The van der Waals surface area contributed by atoms with Crippen LogP contribution in [-0.2, 0) is 0 Å². The van der Waals surface area contributed by atoms with Gasteiger partial charge in [-0.15, -0.1) is 0 Å². The van der Waals surface area contributed by atoms with Crippen LogP contribution >= 0.6 is 0 Å². The lowest BCUT2D eigenvalue weighted by Gasteiger charge is -2.34. The first kappa shape index (κ1) is 10.9. The minimum absolute atomic E-state index is 0.788. The molecule has 0 radical (unpaired) electrons. The molecule has 4 nitrogen and oxygen atoms in total. The lowest BCUT2D eigenvalue weighted by molar-refractivity contribution is 0.136. The van der Waals surface area contributed by atoms with Crippen LogP contribution in [0.2, 0.25) is 0 Å². The molecule has 3 N–H and O–H groups in total. The van der Waals surface area contributed by atoms with Crippen LogP contribution in [0.25, 0.3) is 0 Å². The predicted octanol–water partition coefficient (Wildman–Crippen LogP) is -1.22. The molecular formula is C9H22N4. The molecule has 0 aromatic carbocycles. The summed E-state index contributed by atoms with van der Waals surface area (Å²) in [5.74, 6) is 0. The number of nitrogens with two attached hydrogens (primary N) is 1. The molecule has 0 spiro atoms. The number of hydrogen-bond donors (Lipinski definition) is 2. The van der Waals surface area contributed by atoms with Gasteiger partial charge >= 0.3 is 0 Å². The normalized spacial score (nSPS) is 20.8. The van der Waals surface area contributed by atoms with Crippen LogP contribution in [0.5, 0.6) is 0 Å². The number of piperazine rings is 1. The summed E-state index contributed by atoms with van der Waals surface area (Å²) in [6, 6.07) is 0. The van der Waals surface area contributed by atoms with E-state index in [1.54, 1.807) is 0 Å². The predicted molar refractivity (Wildman–Crippen MR) is 55.9 cm³/mol. The minimum atomic E-state index is 0.788. The third-order valence-corrected chi connectivity index (χ3v) is 2.59. The minimum Gasteiger partial charge on any atom is -0.329 e. The molecule has 1 fully saturated rings. The van der Waals surface area contributed by atoms with Gasteiger partial charge in [-0.25, -0.2) is 0 Å². The lowest BCUT2D eigenvalue weighted by atomic mass is 10.3. The highest BCUT2D eigenvalue weighted by molar-refractivity contribution is 4.72. The van der Waals surface area contributed by atoms with Gasteiger partial charge in [-0.3, -0.25) is 9.80 Å². The van der Waals surface area contributed by atoms with E-state index in [1.165, 1.54) is 32.7 Å². The van der Waals surface area contributed by atoms with Gasteiger partial charge in [-0.2, -0.15) is 0 Å². The van der Waals surface area contributed by atoms with Crippen LogP contribution in [0.4, 0.5) is 0 Å². The van der Waals surface area contributed by atoms with Crippen LogP contribution in [-0.4, -0.2) is 69.2 Å². The molecular weight excluding hydrogens is 164 g/mol. The molecule has 0 aliphatic carbocycles. The first-order valence-corrected chi connectivity index (χ1v) is 5.16. The molecule has 4 heteroatoms. The molecule has 0 atom stereocenters. The van der Waals surface area contributed by atoms with Gasteiger partial charge < -0.3 is 11.1 Å². The van der Waals surface area contributed by atoms with E-state index in [0.717, 1.165) is 19.6 Å². The van der Waals surface area contributed by atoms with Gasteiger partial charge in [0.25, 0.3) is 0 Å². The van der Waals surface area contributed by atoms with Crippen molar-refractivity contribution in [3.8, 4) is 0 Å². The topological polar surface area (TPSA) is 44.5 Å². The zero-order valence-corrected chi connectivity index (χ0v) is 8.63. The van der Waals surface area contributed by atoms with E-state index in [0.29, 0.717) is 0 Å². The Morgan fingerprint density at radius 3 is 2.08 bits per heavy atom. The van der Waals surface area contributed by atoms with E-state index in [2.05, 4.69) is 15.1 Å². The average molecular weight is 186 g/mol. The second kappa shape index (κ2) is 6.32. The fourth-order valence-electron chi connectivity index (χ4n) is 1.69. The largest absolute Gasteiger partial charge is 0.329 e. The Balaban J connectivity index is 2.08. The zero-order valence-electron chi connectivity index (χ0n) is 8.63. The standard InChI is InChI=1S/C9H22N4/c1-11-3-5-13-8-6-12(4-2-10)7-9-13/h11H,2-10H2,1H3. The highest BCUT2D eigenvalue weighted by atomic mass is 15.3. The van der Waals surface area contributed by atoms with Crippen molar-refractivity contribution in [2.24, 2.45) is 5.73 Å². The number of nitrogens with zero attached hydrogens (tertiary/aromatic N) is 2. The fourth-order valence-corrected chi connectivity index (χ4v) is 1.69. The quantitative estimate of drug-likeness (QED) is 0.565. The average Bonchev–Trinajstić information content (AvgIpc) is 2.17. The Morgan fingerprint density at radius 2 is 1.62 bits per heavy atom. The molecule has 1 rings (SSSR count). The molecule has 1 saturated heterocycles. The third-order valence-electron chi connectivity index (χ3n) is 2.59. The first-order chi connectivity index (χ1) is 6.36. The summed E-state index contributed by atoms with van der Waals surface area (Å²) in [7, 11) is 2.00. The molecule has 0 unspecified atom stereocenters. The number of likely N-dealkylation sites (N-methyl/N-ethyl adjacent to an activating group) is 1. The maximum absolute atomic E-state index is 5.51. The SMILES string of the molecule is CNCCN1CCN(CCN)CC1. The molecule has 1 heterocycles. The maximum Gasteiger partial charge on any atom is 0.0110 e. The highest BCUT2D eigenvalue weighted by Gasteiger charge is 2.14. The van der Waals surface area contributed by atoms with Gasteiger partial charge in [0.15, 0.2) is 0 Å². The second-order valence-electron chi connectivity index (χ2n) is 3.58.